The molecule has 2 aromatic carbocycles. The zero-order chi connectivity index (χ0) is 16.1. The minimum Gasteiger partial charge on any atom is -0.383 e. The molecule has 0 aliphatic carbocycles. The van der Waals surface area contributed by atoms with Crippen molar-refractivity contribution in [3.63, 3.8) is 0 Å². The molecule has 0 amide bonds. The van der Waals surface area contributed by atoms with Crippen LogP contribution in [0.4, 0.5) is 4.39 Å². The first-order valence-electron chi connectivity index (χ1n) is 6.84. The fourth-order valence-corrected chi connectivity index (χ4v) is 2.46. The molecule has 0 aliphatic heterocycles. The van der Waals surface area contributed by atoms with E-state index in [2.05, 4.69) is 0 Å². The van der Waals surface area contributed by atoms with E-state index in [0.29, 0.717) is 16.7 Å². The number of carbonyl (C=O) groups excluding carboxylic acids is 1. The lowest BCUT2D eigenvalue weighted by Crippen LogP contribution is -2.09. The second-order valence-electron chi connectivity index (χ2n) is 5.07. The Morgan fingerprint density at radius 2 is 1.55 bits per heavy atom. The second kappa shape index (κ2) is 7.27. The van der Waals surface area contributed by atoms with Gasteiger partial charge in [-0.1, -0.05) is 12.1 Å². The molecule has 0 spiro atoms. The maximum Gasteiger partial charge on any atom is 0.195 e. The molecule has 22 heavy (non-hydrogen) atoms. The summed E-state index contributed by atoms with van der Waals surface area (Å²) in [6, 6.07) is 13.5. The zero-order valence-corrected chi connectivity index (χ0v) is 13.7. The quantitative estimate of drug-likeness (QED) is 0.465. The van der Waals surface area contributed by atoms with E-state index < -0.39 is 0 Å². The largest absolute Gasteiger partial charge is 0.383 e. The highest BCUT2D eigenvalue weighted by Crippen LogP contribution is 2.22. The minimum atomic E-state index is -0.315. The SMILES string of the molecule is CSc1ccc(C(=O)/C(=C/N(C)C)c2ccc(F)cc2)cc1. The zero-order valence-electron chi connectivity index (χ0n) is 12.8. The van der Waals surface area contributed by atoms with E-state index >= 15 is 0 Å². The monoisotopic (exact) mass is 315 g/mol. The molecule has 0 saturated carbocycles. The van der Waals surface area contributed by atoms with Crippen LogP contribution >= 0.6 is 11.8 Å². The van der Waals surface area contributed by atoms with Gasteiger partial charge in [-0.25, -0.2) is 4.39 Å². The van der Waals surface area contributed by atoms with Crippen LogP contribution < -0.4 is 0 Å². The standard InChI is InChI=1S/C18H18FNOS/c1-20(2)12-17(13-4-8-15(19)9-5-13)18(21)14-6-10-16(22-3)11-7-14/h4-12H,1-3H3/b17-12+. The predicted octanol–water partition coefficient (Wildman–Crippen LogP) is 4.33. The van der Waals surface area contributed by atoms with Gasteiger partial charge in [-0.15, -0.1) is 11.8 Å². The highest BCUT2D eigenvalue weighted by Gasteiger charge is 2.15. The van der Waals surface area contributed by atoms with E-state index in [-0.39, 0.29) is 11.6 Å². The molecule has 0 atom stereocenters. The van der Waals surface area contributed by atoms with Crippen LogP contribution in [0.25, 0.3) is 5.57 Å². The molecule has 0 N–H and O–H groups in total. The number of allylic oxidation sites excluding steroid dienone is 1. The van der Waals surface area contributed by atoms with E-state index in [1.807, 2.05) is 49.5 Å². The summed E-state index contributed by atoms with van der Waals surface area (Å²) in [5, 5.41) is 0. The summed E-state index contributed by atoms with van der Waals surface area (Å²) in [7, 11) is 3.71. The summed E-state index contributed by atoms with van der Waals surface area (Å²) < 4.78 is 13.1. The van der Waals surface area contributed by atoms with Crippen LogP contribution in [0.5, 0.6) is 0 Å². The first-order chi connectivity index (χ1) is 10.5. The van der Waals surface area contributed by atoms with Gasteiger partial charge < -0.3 is 4.90 Å². The Balaban J connectivity index is 2.40. The smallest absolute Gasteiger partial charge is 0.195 e. The summed E-state index contributed by atoms with van der Waals surface area (Å²) in [6.45, 7) is 0. The minimum absolute atomic E-state index is 0.0760. The van der Waals surface area contributed by atoms with E-state index in [0.717, 1.165) is 4.90 Å². The molecule has 2 rings (SSSR count). The molecule has 0 saturated heterocycles. The summed E-state index contributed by atoms with van der Waals surface area (Å²) >= 11 is 1.63. The van der Waals surface area contributed by atoms with E-state index in [1.165, 1.54) is 12.1 Å². The van der Waals surface area contributed by atoms with Crippen LogP contribution in [0, 0.1) is 5.82 Å². The van der Waals surface area contributed by atoms with Gasteiger partial charge in [0.15, 0.2) is 5.78 Å². The number of thioether (sulfide) groups is 1. The van der Waals surface area contributed by atoms with Crippen molar-refractivity contribution in [2.45, 2.75) is 4.90 Å². The molecule has 2 nitrogen and oxygen atoms in total. The van der Waals surface area contributed by atoms with Crippen LogP contribution in [0.3, 0.4) is 0 Å². The molecule has 0 aromatic heterocycles. The summed E-state index contributed by atoms with van der Waals surface area (Å²) in [4.78, 5) is 15.7. The van der Waals surface area contributed by atoms with Gasteiger partial charge in [0.2, 0.25) is 0 Å². The first kappa shape index (κ1) is 16.3. The third-order valence-corrected chi connectivity index (χ3v) is 3.88. The lowest BCUT2D eigenvalue weighted by molar-refractivity contribution is 0.105. The van der Waals surface area contributed by atoms with E-state index in [9.17, 15) is 9.18 Å². The fourth-order valence-electron chi connectivity index (χ4n) is 2.05. The normalized spacial score (nSPS) is 11.4. The van der Waals surface area contributed by atoms with E-state index in [4.69, 9.17) is 0 Å². The van der Waals surface area contributed by atoms with Crippen molar-refractivity contribution in [1.29, 1.82) is 0 Å². The van der Waals surface area contributed by atoms with E-state index in [1.54, 1.807) is 30.1 Å². The molecule has 0 bridgehead atoms. The van der Waals surface area contributed by atoms with Crippen LogP contribution in [0.15, 0.2) is 59.6 Å². The number of ketones is 1. The number of carbonyl (C=O) groups is 1. The van der Waals surface area contributed by atoms with Crippen molar-refractivity contribution in [2.75, 3.05) is 20.4 Å². The topological polar surface area (TPSA) is 20.3 Å². The second-order valence-corrected chi connectivity index (χ2v) is 5.95. The number of hydrogen-bond acceptors (Lipinski definition) is 3. The van der Waals surface area contributed by atoms with Gasteiger partial charge in [0, 0.05) is 36.3 Å². The summed E-state index contributed by atoms with van der Waals surface area (Å²) in [5.41, 5.74) is 1.87. The van der Waals surface area contributed by atoms with Crippen molar-refractivity contribution >= 4 is 23.1 Å². The molecule has 0 aliphatic rings. The van der Waals surface area contributed by atoms with Gasteiger partial charge in [0.1, 0.15) is 5.82 Å². The number of rotatable bonds is 5. The van der Waals surface area contributed by atoms with Crippen molar-refractivity contribution in [1.82, 2.24) is 4.90 Å². The Hall–Kier alpha value is -2.07. The number of Topliss-reactive ketones (excluding diaryl/α,β-unsaturated/α-hetero) is 1. The summed E-state index contributed by atoms with van der Waals surface area (Å²) in [5.74, 6) is -0.391. The van der Waals surface area contributed by atoms with Crippen molar-refractivity contribution in [3.05, 3.63) is 71.7 Å². The Bertz CT molecular complexity index is 675. The number of benzene rings is 2. The lowest BCUT2D eigenvalue weighted by Gasteiger charge is -2.12. The van der Waals surface area contributed by atoms with Gasteiger partial charge in [-0.05, 0) is 48.2 Å². The highest BCUT2D eigenvalue weighted by atomic mass is 32.2. The molecule has 114 valence electrons. The molecule has 0 radical (unpaired) electrons. The van der Waals surface area contributed by atoms with Gasteiger partial charge in [-0.3, -0.25) is 4.79 Å². The molecule has 4 heteroatoms. The number of halogens is 1. The first-order valence-corrected chi connectivity index (χ1v) is 8.06. The molecular formula is C18H18FNOS. The van der Waals surface area contributed by atoms with Gasteiger partial charge >= 0.3 is 0 Å². The van der Waals surface area contributed by atoms with Crippen molar-refractivity contribution in [3.8, 4) is 0 Å². The Kier molecular flexibility index (Phi) is 5.39. The van der Waals surface area contributed by atoms with Gasteiger partial charge in [0.05, 0.1) is 0 Å². The van der Waals surface area contributed by atoms with Gasteiger partial charge in [0.25, 0.3) is 0 Å². The molecule has 0 unspecified atom stereocenters. The highest BCUT2D eigenvalue weighted by molar-refractivity contribution is 7.98. The summed E-state index contributed by atoms with van der Waals surface area (Å²) in [6.07, 6.45) is 3.75. The lowest BCUT2D eigenvalue weighted by atomic mass is 9.97. The van der Waals surface area contributed by atoms with Crippen molar-refractivity contribution in [2.24, 2.45) is 0 Å². The Morgan fingerprint density at radius 1 is 1.00 bits per heavy atom. The molecule has 0 fully saturated rings. The Labute approximate surface area is 134 Å². The van der Waals surface area contributed by atoms with Crippen LogP contribution in [-0.2, 0) is 0 Å². The predicted molar refractivity (Wildman–Crippen MR) is 90.6 cm³/mol. The van der Waals surface area contributed by atoms with Gasteiger partial charge in [-0.2, -0.15) is 0 Å². The fraction of sp³-hybridized carbons (Fsp3) is 0.167. The van der Waals surface area contributed by atoms with Crippen LogP contribution in [0.2, 0.25) is 0 Å². The third kappa shape index (κ3) is 3.98. The number of nitrogens with zero attached hydrogens (tertiary/aromatic N) is 1. The third-order valence-electron chi connectivity index (χ3n) is 3.14. The number of hydrogen-bond donors (Lipinski definition) is 0. The molecule has 2 aromatic rings. The average molecular weight is 315 g/mol. The maximum atomic E-state index is 13.1. The van der Waals surface area contributed by atoms with Crippen LogP contribution in [-0.4, -0.2) is 31.0 Å². The maximum absolute atomic E-state index is 13.1. The van der Waals surface area contributed by atoms with Crippen LogP contribution in [0.1, 0.15) is 15.9 Å². The average Bonchev–Trinajstić information content (AvgIpc) is 2.53. The molecule has 0 heterocycles. The Morgan fingerprint density at radius 3 is 2.05 bits per heavy atom. The molecular weight excluding hydrogens is 297 g/mol. The van der Waals surface area contributed by atoms with Crippen molar-refractivity contribution < 1.29 is 9.18 Å².